The Morgan fingerprint density at radius 2 is 1.55 bits per heavy atom. The highest BCUT2D eigenvalue weighted by Gasteiger charge is 2.45. The van der Waals surface area contributed by atoms with Crippen molar-refractivity contribution >= 4 is 58.2 Å². The minimum atomic E-state index is -1.40. The molecule has 2 saturated heterocycles. The molecule has 18 nitrogen and oxygen atoms in total. The molecule has 0 radical (unpaired) electrons. The third-order valence-corrected chi connectivity index (χ3v) is 12.0. The topological polar surface area (TPSA) is 266 Å². The van der Waals surface area contributed by atoms with Crippen molar-refractivity contribution < 1.29 is 33.6 Å². The number of amides is 7. The number of carbonyl (C=O) groups is 7. The number of nitrogens with one attached hydrogen (secondary N) is 6. The Balaban J connectivity index is 1.26. The van der Waals surface area contributed by atoms with Crippen LogP contribution in [0, 0.1) is 0 Å². The van der Waals surface area contributed by atoms with E-state index in [4.69, 9.17) is 11.5 Å². The number of H-pyrrole nitrogens is 1. The van der Waals surface area contributed by atoms with Crippen LogP contribution in [0.4, 0.5) is 0 Å². The SMILES string of the molecule is CC(=O)N[C@@H](Cc1ccccc1)C(=O)NC1CNC(=O)[C@H](CCCN=C(N)N)NC(=O)[C@H](Cc2c[nH]c3ccccc23)NC(=O)C2Cc3ccccc3CN2C(=O)C2CCCN2C1=O. The van der Waals surface area contributed by atoms with Gasteiger partial charge in [0.15, 0.2) is 5.96 Å². The maximum Gasteiger partial charge on any atom is 0.247 e. The van der Waals surface area contributed by atoms with E-state index < -0.39 is 84.1 Å². The molecule has 1 aromatic heterocycles. The Morgan fingerprint density at radius 3 is 2.31 bits per heavy atom. The highest BCUT2D eigenvalue weighted by atomic mass is 16.2. The van der Waals surface area contributed by atoms with Gasteiger partial charge >= 0.3 is 0 Å². The van der Waals surface area contributed by atoms with E-state index in [1.54, 1.807) is 30.5 Å². The van der Waals surface area contributed by atoms with Crippen LogP contribution >= 0.6 is 0 Å². The third-order valence-electron chi connectivity index (χ3n) is 12.0. The van der Waals surface area contributed by atoms with Crippen molar-refractivity contribution in [2.24, 2.45) is 16.5 Å². The first-order chi connectivity index (χ1) is 30.9. The molecule has 3 unspecified atom stereocenters. The maximum atomic E-state index is 14.9. The number of aromatic nitrogens is 1. The van der Waals surface area contributed by atoms with E-state index in [0.29, 0.717) is 6.42 Å². The fourth-order valence-electron chi connectivity index (χ4n) is 8.81. The van der Waals surface area contributed by atoms with Gasteiger partial charge in [0.05, 0.1) is 0 Å². The van der Waals surface area contributed by atoms with Gasteiger partial charge in [-0.2, -0.15) is 0 Å². The van der Waals surface area contributed by atoms with Gasteiger partial charge in [0.25, 0.3) is 0 Å². The normalized spacial score (nSPS) is 22.3. The van der Waals surface area contributed by atoms with E-state index >= 15 is 0 Å². The Kier molecular flexibility index (Phi) is 14.2. The van der Waals surface area contributed by atoms with Crippen LogP contribution in [0.3, 0.4) is 0 Å². The van der Waals surface area contributed by atoms with Crippen molar-refractivity contribution in [3.05, 3.63) is 107 Å². The number of para-hydroxylation sites is 1. The highest BCUT2D eigenvalue weighted by Crippen LogP contribution is 2.29. The molecule has 10 N–H and O–H groups in total. The Hall–Kier alpha value is -7.24. The molecule has 4 aromatic rings. The smallest absolute Gasteiger partial charge is 0.247 e. The van der Waals surface area contributed by atoms with Crippen LogP contribution in [-0.4, -0.2) is 118 Å². The number of rotatable bonds is 11. The monoisotopic (exact) mass is 873 g/mol. The van der Waals surface area contributed by atoms with Crippen molar-refractivity contribution in [3.63, 3.8) is 0 Å². The average molecular weight is 874 g/mol. The summed E-state index contributed by atoms with van der Waals surface area (Å²) in [6.07, 6.45) is 3.14. The summed E-state index contributed by atoms with van der Waals surface area (Å²) in [5.41, 5.74) is 15.1. The number of hydrogen-bond acceptors (Lipinski definition) is 8. The number of hydrogen-bond donors (Lipinski definition) is 8. The van der Waals surface area contributed by atoms with Gasteiger partial charge in [0.2, 0.25) is 41.4 Å². The van der Waals surface area contributed by atoms with E-state index in [0.717, 1.165) is 33.2 Å². The molecule has 64 heavy (non-hydrogen) atoms. The van der Waals surface area contributed by atoms with Gasteiger partial charge < -0.3 is 52.8 Å². The summed E-state index contributed by atoms with van der Waals surface area (Å²) in [6.45, 7) is 1.25. The number of nitrogens with zero attached hydrogens (tertiary/aromatic N) is 3. The summed E-state index contributed by atoms with van der Waals surface area (Å²) >= 11 is 0. The predicted octanol–water partition coefficient (Wildman–Crippen LogP) is 0.0401. The quantitative estimate of drug-likeness (QED) is 0.0574. The standard InChI is InChI=1S/C46H55N11O7/c1-27(58)52-35(21-28-11-3-2-4-12-28)41(60)55-37-25-51-40(59)34(17-9-19-49-46(47)48)53-42(61)36(22-31-24-50-33-16-8-7-15-32(31)33)54-43(62)39-23-29-13-5-6-14-30(29)26-57(39)45(64)38-18-10-20-56(38)44(37)63/h2-8,11-16,24,34-39,50H,9-10,17-23,25-26H2,1H3,(H,51,59)(H,52,58)(H,53,61)(H,54,62)(H,55,60)(H4,47,48,49)/t34-,35-,36-,37?,38?,39?/m0/s1. The summed E-state index contributed by atoms with van der Waals surface area (Å²) in [5, 5.41) is 14.8. The van der Waals surface area contributed by atoms with Gasteiger partial charge in [-0.3, -0.25) is 38.6 Å². The fraction of sp³-hybridized carbons (Fsp3) is 0.391. The third kappa shape index (κ3) is 10.7. The molecule has 7 rings (SSSR count). The highest BCUT2D eigenvalue weighted by molar-refractivity contribution is 5.99. The van der Waals surface area contributed by atoms with E-state index in [2.05, 4.69) is 36.6 Å². The lowest BCUT2D eigenvalue weighted by atomic mass is 9.92. The van der Waals surface area contributed by atoms with Crippen LogP contribution < -0.4 is 38.1 Å². The predicted molar refractivity (Wildman–Crippen MR) is 238 cm³/mol. The minimum Gasteiger partial charge on any atom is -0.370 e. The molecule has 18 heteroatoms. The lowest BCUT2D eigenvalue weighted by Crippen LogP contribution is -2.63. The zero-order valence-electron chi connectivity index (χ0n) is 35.7. The molecule has 3 aliphatic rings. The van der Waals surface area contributed by atoms with Gasteiger partial charge in [0.1, 0.15) is 36.3 Å². The number of aliphatic imine (C=N–C) groups is 1. The van der Waals surface area contributed by atoms with E-state index in [1.165, 1.54) is 16.7 Å². The molecule has 3 aliphatic heterocycles. The van der Waals surface area contributed by atoms with E-state index in [9.17, 15) is 33.6 Å². The molecule has 0 spiro atoms. The van der Waals surface area contributed by atoms with Crippen molar-refractivity contribution in [2.45, 2.75) is 94.7 Å². The molecule has 6 atom stereocenters. The fourth-order valence-corrected chi connectivity index (χ4v) is 8.81. The largest absolute Gasteiger partial charge is 0.370 e. The molecule has 4 heterocycles. The Morgan fingerprint density at radius 1 is 0.828 bits per heavy atom. The van der Waals surface area contributed by atoms with Crippen molar-refractivity contribution in [1.29, 1.82) is 0 Å². The summed E-state index contributed by atoms with van der Waals surface area (Å²) in [7, 11) is 0. The van der Waals surface area contributed by atoms with E-state index in [1.807, 2.05) is 54.6 Å². The van der Waals surface area contributed by atoms with Gasteiger partial charge in [-0.1, -0.05) is 72.8 Å². The van der Waals surface area contributed by atoms with Crippen LogP contribution in [0.5, 0.6) is 0 Å². The number of carbonyl (C=O) groups excluding carboxylic acids is 7. The maximum absolute atomic E-state index is 14.9. The molecule has 0 bridgehead atoms. The van der Waals surface area contributed by atoms with Crippen LogP contribution in [0.2, 0.25) is 0 Å². The molecular weight excluding hydrogens is 819 g/mol. The minimum absolute atomic E-state index is 0.0403. The molecule has 2 fully saturated rings. The molecule has 0 saturated carbocycles. The molecular formula is C46H55N11O7. The first-order valence-corrected chi connectivity index (χ1v) is 21.6. The first kappa shape index (κ1) is 44.8. The lowest BCUT2D eigenvalue weighted by molar-refractivity contribution is -0.150. The number of nitrogens with two attached hydrogens (primary N) is 2. The van der Waals surface area contributed by atoms with Crippen LogP contribution in [0.15, 0.2) is 90.1 Å². The zero-order valence-corrected chi connectivity index (χ0v) is 35.7. The van der Waals surface area contributed by atoms with Crippen LogP contribution in [-0.2, 0) is 59.4 Å². The van der Waals surface area contributed by atoms with Crippen LogP contribution in [0.25, 0.3) is 10.9 Å². The number of fused-ring (bicyclic) bond motifs is 4. The average Bonchev–Trinajstić information content (AvgIpc) is 3.95. The van der Waals surface area contributed by atoms with Gasteiger partial charge in [-0.15, -0.1) is 0 Å². The number of aromatic amines is 1. The second-order valence-electron chi connectivity index (χ2n) is 16.5. The Labute approximate surface area is 370 Å². The van der Waals surface area contributed by atoms with Gasteiger partial charge in [0, 0.05) is 69.5 Å². The summed E-state index contributed by atoms with van der Waals surface area (Å²) in [6, 6.07) is 17.1. The van der Waals surface area contributed by atoms with Gasteiger partial charge in [-0.05, 0) is 54.0 Å². The van der Waals surface area contributed by atoms with Crippen molar-refractivity contribution in [2.75, 3.05) is 19.6 Å². The molecule has 3 aromatic carbocycles. The summed E-state index contributed by atoms with van der Waals surface area (Å²) in [5.74, 6) is -4.31. The first-order valence-electron chi connectivity index (χ1n) is 21.6. The van der Waals surface area contributed by atoms with Crippen molar-refractivity contribution in [3.8, 4) is 0 Å². The Bertz CT molecular complexity index is 2420. The summed E-state index contributed by atoms with van der Waals surface area (Å²) in [4.78, 5) is 110. The zero-order chi connectivity index (χ0) is 45.3. The molecule has 336 valence electrons. The van der Waals surface area contributed by atoms with E-state index in [-0.39, 0.29) is 64.1 Å². The van der Waals surface area contributed by atoms with Crippen molar-refractivity contribution in [1.82, 2.24) is 41.4 Å². The molecule has 0 aliphatic carbocycles. The van der Waals surface area contributed by atoms with Gasteiger partial charge in [-0.25, -0.2) is 0 Å². The summed E-state index contributed by atoms with van der Waals surface area (Å²) < 4.78 is 0. The number of guanidine groups is 1. The lowest BCUT2D eigenvalue weighted by Gasteiger charge is -2.40. The second kappa shape index (κ2) is 20.3. The molecule has 7 amide bonds. The number of benzene rings is 3. The van der Waals surface area contributed by atoms with Crippen LogP contribution in [0.1, 0.15) is 54.9 Å². The second-order valence-corrected chi connectivity index (χ2v) is 16.5.